The number of benzene rings is 1. The monoisotopic (exact) mass is 868 g/mol. The fourth-order valence-electron chi connectivity index (χ4n) is 5.54. The van der Waals surface area contributed by atoms with Gasteiger partial charge >= 0.3 is 11.9 Å². The van der Waals surface area contributed by atoms with Gasteiger partial charge in [0.25, 0.3) is 0 Å². The summed E-state index contributed by atoms with van der Waals surface area (Å²) in [5, 5.41) is 63.2. The lowest BCUT2D eigenvalue weighted by Gasteiger charge is -2.33. The maximum Gasteiger partial charge on any atom is 0.326 e. The van der Waals surface area contributed by atoms with Gasteiger partial charge in [0.1, 0.15) is 36.3 Å². The summed E-state index contributed by atoms with van der Waals surface area (Å²) in [7, 11) is 0. The zero-order valence-electron chi connectivity index (χ0n) is 34.2. The van der Waals surface area contributed by atoms with Gasteiger partial charge in [0.2, 0.25) is 35.4 Å². The molecule has 23 heteroatoms. The fraction of sp³-hybridized carbons (Fsp3) is 0.595. The summed E-state index contributed by atoms with van der Waals surface area (Å²) in [5.41, 5.74) is 11.7. The lowest BCUT2D eigenvalue weighted by molar-refractivity contribution is -0.143. The Hall–Kier alpha value is -5.52. The Bertz CT molecular complexity index is 1660. The van der Waals surface area contributed by atoms with Crippen LogP contribution in [0.3, 0.4) is 0 Å². The Morgan fingerprint density at radius 3 is 1.80 bits per heavy atom. The molecule has 1 aromatic rings. The molecule has 0 aliphatic rings. The summed E-state index contributed by atoms with van der Waals surface area (Å²) in [4.78, 5) is 104. The summed E-state index contributed by atoms with van der Waals surface area (Å²) >= 11 is 4.46. The van der Waals surface area contributed by atoms with Crippen molar-refractivity contribution in [2.75, 3.05) is 13.2 Å². The molecule has 0 fully saturated rings. The first-order valence-corrected chi connectivity index (χ1v) is 19.5. The van der Waals surface area contributed by atoms with Crippen LogP contribution in [0.2, 0.25) is 0 Å². The smallest absolute Gasteiger partial charge is 0.326 e. The largest absolute Gasteiger partial charge is 0.481 e. The Labute approximate surface area is 353 Å². The third kappa shape index (κ3) is 19.0. The Kier molecular flexibility index (Phi) is 22.0. The Balaban J connectivity index is 3.19. The molecular formula is C37H60N10O12S. The number of carbonyl (C=O) groups is 8. The van der Waals surface area contributed by atoms with Crippen molar-refractivity contribution in [1.29, 1.82) is 5.41 Å². The van der Waals surface area contributed by atoms with Crippen LogP contribution in [0.1, 0.15) is 65.9 Å². The molecule has 22 nitrogen and oxygen atoms in total. The molecule has 16 N–H and O–H groups in total. The highest BCUT2D eigenvalue weighted by Gasteiger charge is 2.39. The molecule has 336 valence electrons. The van der Waals surface area contributed by atoms with Crippen LogP contribution in [0.15, 0.2) is 30.3 Å². The van der Waals surface area contributed by atoms with Crippen molar-refractivity contribution in [1.82, 2.24) is 37.2 Å². The van der Waals surface area contributed by atoms with Crippen molar-refractivity contribution in [3.05, 3.63) is 35.9 Å². The fourth-order valence-corrected chi connectivity index (χ4v) is 5.72. The molecule has 8 atom stereocenters. The number of guanidine groups is 1. The van der Waals surface area contributed by atoms with Crippen molar-refractivity contribution < 1.29 is 58.8 Å². The lowest BCUT2D eigenvalue weighted by atomic mass is 9.98. The number of carbonyl (C=O) groups excluding carboxylic acids is 6. The number of rotatable bonds is 26. The normalized spacial score (nSPS) is 15.3. The zero-order chi connectivity index (χ0) is 45.9. The second kappa shape index (κ2) is 25.2. The van der Waals surface area contributed by atoms with Gasteiger partial charge in [0.05, 0.1) is 25.2 Å². The number of carboxylic acid groups (broad SMARTS) is 2. The quantitative estimate of drug-likeness (QED) is 0.0185. The van der Waals surface area contributed by atoms with Crippen molar-refractivity contribution in [3.63, 3.8) is 0 Å². The third-order valence-corrected chi connectivity index (χ3v) is 8.98. The van der Waals surface area contributed by atoms with E-state index in [0.717, 1.165) is 6.92 Å². The summed E-state index contributed by atoms with van der Waals surface area (Å²) in [6.45, 7) is 6.79. The van der Waals surface area contributed by atoms with Crippen LogP contribution in [0.4, 0.5) is 0 Å². The predicted octanol–water partition coefficient (Wildman–Crippen LogP) is -3.58. The second-order valence-electron chi connectivity index (χ2n) is 15.1. The molecule has 0 heterocycles. The molecule has 0 aromatic heterocycles. The highest BCUT2D eigenvalue weighted by atomic mass is 32.1. The van der Waals surface area contributed by atoms with Gasteiger partial charge in [-0.1, -0.05) is 44.2 Å². The van der Waals surface area contributed by atoms with Crippen molar-refractivity contribution in [2.24, 2.45) is 17.4 Å². The van der Waals surface area contributed by atoms with Crippen molar-refractivity contribution in [2.45, 2.75) is 120 Å². The van der Waals surface area contributed by atoms with Crippen LogP contribution in [0.5, 0.6) is 0 Å². The van der Waals surface area contributed by atoms with Gasteiger partial charge in [-0.15, -0.1) is 0 Å². The number of hydrogen-bond donors (Lipinski definition) is 15. The Morgan fingerprint density at radius 2 is 1.30 bits per heavy atom. The number of amides is 6. The summed E-state index contributed by atoms with van der Waals surface area (Å²) in [6.07, 6.45) is -2.42. The summed E-state index contributed by atoms with van der Waals surface area (Å²) in [5.74, 6) is -9.68. The van der Waals surface area contributed by atoms with Crippen LogP contribution in [0.25, 0.3) is 0 Å². The molecular weight excluding hydrogens is 809 g/mol. The summed E-state index contributed by atoms with van der Waals surface area (Å²) < 4.78 is -1.28. The van der Waals surface area contributed by atoms with Gasteiger partial charge in [-0.05, 0) is 51.5 Å². The average Bonchev–Trinajstić information content (AvgIpc) is 3.14. The minimum atomic E-state index is -1.91. The third-order valence-electron chi connectivity index (χ3n) is 8.73. The molecule has 6 amide bonds. The van der Waals surface area contributed by atoms with Crippen LogP contribution >= 0.6 is 12.6 Å². The Morgan fingerprint density at radius 1 is 0.767 bits per heavy atom. The van der Waals surface area contributed by atoms with Gasteiger partial charge in [0.15, 0.2) is 5.96 Å². The first-order chi connectivity index (χ1) is 27.9. The van der Waals surface area contributed by atoms with Crippen molar-refractivity contribution in [3.8, 4) is 0 Å². The van der Waals surface area contributed by atoms with Gasteiger partial charge in [0, 0.05) is 17.7 Å². The minimum absolute atomic E-state index is 0.0317. The highest BCUT2D eigenvalue weighted by Crippen LogP contribution is 2.19. The van der Waals surface area contributed by atoms with Gasteiger partial charge in [-0.3, -0.25) is 39.0 Å². The molecule has 0 bridgehead atoms. The number of aliphatic carboxylic acids is 2. The number of nitrogens with two attached hydrogens (primary N) is 2. The van der Waals surface area contributed by atoms with E-state index in [1.807, 2.05) is 0 Å². The average molecular weight is 869 g/mol. The molecule has 0 aliphatic carbocycles. The molecule has 0 aliphatic heterocycles. The molecule has 1 rings (SSSR count). The maximum absolute atomic E-state index is 13.8. The summed E-state index contributed by atoms with van der Waals surface area (Å²) in [6, 6.07) is -2.31. The van der Waals surface area contributed by atoms with E-state index in [1.165, 1.54) is 13.8 Å². The van der Waals surface area contributed by atoms with Crippen molar-refractivity contribution >= 4 is 66.0 Å². The minimum Gasteiger partial charge on any atom is -0.481 e. The number of thiol groups is 1. The highest BCUT2D eigenvalue weighted by molar-refractivity contribution is 7.81. The standard InChI is InChI=1S/C37H60N10O12S/c1-18(2)14-22(31(54)47-28(37(4,5)60)34(57)44-24(35(58)59)15-20-10-7-6-8-11-20)43-33(56)27(19(3)49)46-30(53)23(16-26(50)51)42-32(55)25(17-48)45-29(52)21(38)12-9-13-41-36(39)40/h6-8,10-11,18-19,21-25,27-28,48-49,60H,9,12-17,38H2,1-5H3,(H,42,55)(H,43,56)(H,44,57)(H,45,52)(H,46,53)(H,47,54)(H,50,51)(H,58,59)(H4,39,40,41)/t19-,21+,22+,23+,24+,25+,27+,28-/m1/s1. The van der Waals surface area contributed by atoms with E-state index in [2.05, 4.69) is 49.8 Å². The van der Waals surface area contributed by atoms with Gasteiger partial charge < -0.3 is 69.1 Å². The van der Waals surface area contributed by atoms with Gasteiger partial charge in [-0.2, -0.15) is 12.6 Å². The van der Waals surface area contributed by atoms with E-state index in [1.54, 1.807) is 44.2 Å². The van der Waals surface area contributed by atoms with E-state index >= 15 is 0 Å². The van der Waals surface area contributed by atoms with E-state index in [-0.39, 0.29) is 37.7 Å². The molecule has 0 saturated heterocycles. The first-order valence-electron chi connectivity index (χ1n) is 19.0. The van der Waals surface area contributed by atoms with Crippen LogP contribution in [-0.4, -0.2) is 140 Å². The van der Waals surface area contributed by atoms with E-state index in [0.29, 0.717) is 12.0 Å². The number of hydrogen-bond acceptors (Lipinski definition) is 13. The van der Waals surface area contributed by atoms with E-state index in [4.69, 9.17) is 16.9 Å². The SMILES string of the molecule is CC(C)C[C@H](NC(=O)[C@@H](NC(=O)[C@H](CC(=O)O)NC(=O)[C@H](CO)NC(=O)[C@@H](N)CCCNC(=N)N)[C@@H](C)O)C(=O)N[C@H](C(=O)N[C@@H](Cc1ccccc1)C(=O)O)C(C)(C)S. The second-order valence-corrected chi connectivity index (χ2v) is 16.2. The van der Waals surface area contributed by atoms with Crippen LogP contribution < -0.4 is 48.7 Å². The van der Waals surface area contributed by atoms with Gasteiger partial charge in [-0.25, -0.2) is 4.79 Å². The first kappa shape index (κ1) is 52.5. The number of aliphatic hydroxyl groups is 2. The number of carboxylic acids is 2. The van der Waals surface area contributed by atoms with Crippen LogP contribution in [-0.2, 0) is 44.8 Å². The molecule has 1 aromatic carbocycles. The van der Waals surface area contributed by atoms with E-state index in [9.17, 15) is 58.8 Å². The lowest BCUT2D eigenvalue weighted by Crippen LogP contribution is -2.63. The van der Waals surface area contributed by atoms with Crippen LogP contribution in [0, 0.1) is 11.3 Å². The molecule has 0 unspecified atom stereocenters. The molecule has 60 heavy (non-hydrogen) atoms. The number of aliphatic hydroxyl groups excluding tert-OH is 2. The molecule has 0 radical (unpaired) electrons. The maximum atomic E-state index is 13.8. The topological polar surface area (TPSA) is 378 Å². The van der Waals surface area contributed by atoms with E-state index < -0.39 is 114 Å². The molecule has 0 saturated carbocycles. The predicted molar refractivity (Wildman–Crippen MR) is 220 cm³/mol. The number of nitrogens with one attached hydrogen (secondary N) is 8. The zero-order valence-corrected chi connectivity index (χ0v) is 35.1. The molecule has 0 spiro atoms.